The van der Waals surface area contributed by atoms with Gasteiger partial charge in [-0.15, -0.1) is 13.2 Å². The van der Waals surface area contributed by atoms with Gasteiger partial charge in [-0.3, -0.25) is 4.90 Å². The molecule has 0 saturated heterocycles. The van der Waals surface area contributed by atoms with Crippen molar-refractivity contribution in [1.82, 2.24) is 10.2 Å². The third kappa shape index (κ3) is 11.7. The van der Waals surface area contributed by atoms with Crippen molar-refractivity contribution in [3.8, 4) is 0 Å². The number of rotatable bonds is 12. The zero-order valence-corrected chi connectivity index (χ0v) is 11.8. The van der Waals surface area contributed by atoms with Crippen molar-refractivity contribution in [1.29, 1.82) is 0 Å². The molecule has 0 unspecified atom stereocenters. The zero-order valence-electron chi connectivity index (χ0n) is 11.8. The summed E-state index contributed by atoms with van der Waals surface area (Å²) in [5, 5.41) is 3.48. The van der Waals surface area contributed by atoms with E-state index in [2.05, 4.69) is 37.2 Å². The van der Waals surface area contributed by atoms with E-state index < -0.39 is 0 Å². The quantitative estimate of drug-likeness (QED) is 0.415. The topological polar surface area (TPSA) is 15.3 Å². The Morgan fingerprint density at radius 3 is 2.24 bits per heavy atom. The Morgan fingerprint density at radius 1 is 1.06 bits per heavy atom. The van der Waals surface area contributed by atoms with Crippen LogP contribution in [0.4, 0.5) is 0 Å². The lowest BCUT2D eigenvalue weighted by Crippen LogP contribution is -2.25. The highest BCUT2D eigenvalue weighted by atomic mass is 15.1. The van der Waals surface area contributed by atoms with E-state index in [0.717, 1.165) is 38.6 Å². The van der Waals surface area contributed by atoms with Crippen molar-refractivity contribution in [2.45, 2.75) is 33.1 Å². The monoisotopic (exact) mass is 238 g/mol. The number of nitrogens with one attached hydrogen (secondary N) is 1. The van der Waals surface area contributed by atoms with E-state index in [1.807, 2.05) is 12.2 Å². The Morgan fingerprint density at radius 2 is 1.71 bits per heavy atom. The van der Waals surface area contributed by atoms with Gasteiger partial charge in [0.25, 0.3) is 0 Å². The third-order valence-electron chi connectivity index (χ3n) is 2.66. The van der Waals surface area contributed by atoms with Crippen LogP contribution in [0, 0.1) is 5.92 Å². The van der Waals surface area contributed by atoms with E-state index in [1.54, 1.807) is 0 Å². The normalized spacial score (nSPS) is 11.1. The minimum Gasteiger partial charge on any atom is -0.316 e. The summed E-state index contributed by atoms with van der Waals surface area (Å²) >= 11 is 0. The van der Waals surface area contributed by atoms with Crippen LogP contribution in [0.3, 0.4) is 0 Å². The maximum absolute atomic E-state index is 3.78. The zero-order chi connectivity index (χ0) is 12.9. The fourth-order valence-corrected chi connectivity index (χ4v) is 1.78. The summed E-state index contributed by atoms with van der Waals surface area (Å²) in [7, 11) is 0. The first-order valence-electron chi connectivity index (χ1n) is 6.85. The second-order valence-electron chi connectivity index (χ2n) is 5.00. The van der Waals surface area contributed by atoms with Crippen molar-refractivity contribution < 1.29 is 0 Å². The summed E-state index contributed by atoms with van der Waals surface area (Å²) in [4.78, 5) is 2.38. The van der Waals surface area contributed by atoms with Crippen LogP contribution in [0.1, 0.15) is 33.1 Å². The van der Waals surface area contributed by atoms with Gasteiger partial charge in [0.05, 0.1) is 0 Å². The first-order valence-corrected chi connectivity index (χ1v) is 6.85. The maximum Gasteiger partial charge on any atom is 0.0163 e. The van der Waals surface area contributed by atoms with Gasteiger partial charge in [-0.05, 0) is 38.4 Å². The van der Waals surface area contributed by atoms with E-state index >= 15 is 0 Å². The predicted octanol–water partition coefficient (Wildman–Crippen LogP) is 3.08. The molecule has 0 atom stereocenters. The van der Waals surface area contributed by atoms with Gasteiger partial charge in [0.1, 0.15) is 0 Å². The van der Waals surface area contributed by atoms with Gasteiger partial charge in [-0.2, -0.15) is 0 Å². The Labute approximate surface area is 108 Å². The summed E-state index contributed by atoms with van der Waals surface area (Å²) < 4.78 is 0. The molecule has 1 N–H and O–H groups in total. The van der Waals surface area contributed by atoms with Gasteiger partial charge in [0, 0.05) is 13.1 Å². The van der Waals surface area contributed by atoms with Crippen molar-refractivity contribution in [3.63, 3.8) is 0 Å². The van der Waals surface area contributed by atoms with E-state index in [1.165, 1.54) is 19.3 Å². The Balaban J connectivity index is 3.35. The van der Waals surface area contributed by atoms with E-state index in [0.29, 0.717) is 0 Å². The smallest absolute Gasteiger partial charge is 0.0163 e. The molecule has 100 valence electrons. The van der Waals surface area contributed by atoms with Gasteiger partial charge in [0.2, 0.25) is 0 Å². The molecule has 2 nitrogen and oxygen atoms in total. The average molecular weight is 238 g/mol. The molecule has 0 amide bonds. The van der Waals surface area contributed by atoms with Crippen LogP contribution in [-0.4, -0.2) is 37.6 Å². The van der Waals surface area contributed by atoms with Crippen LogP contribution in [0.5, 0.6) is 0 Å². The molecule has 17 heavy (non-hydrogen) atoms. The van der Waals surface area contributed by atoms with Crippen LogP contribution < -0.4 is 5.32 Å². The van der Waals surface area contributed by atoms with E-state index in [9.17, 15) is 0 Å². The minimum atomic E-state index is 0.755. The molecule has 0 fully saturated rings. The van der Waals surface area contributed by atoms with Crippen LogP contribution in [-0.2, 0) is 0 Å². The largest absolute Gasteiger partial charge is 0.316 e. The molecule has 0 aromatic carbocycles. The third-order valence-corrected chi connectivity index (χ3v) is 2.66. The summed E-state index contributed by atoms with van der Waals surface area (Å²) in [6.07, 6.45) is 7.78. The molecule has 0 spiro atoms. The molecular formula is C15H30N2. The number of unbranched alkanes of at least 4 members (excludes halogenated alkanes) is 2. The molecule has 0 rings (SSSR count). The summed E-state index contributed by atoms with van der Waals surface area (Å²) in [5.74, 6) is 0.755. The fourth-order valence-electron chi connectivity index (χ4n) is 1.78. The number of hydrogen-bond donors (Lipinski definition) is 1. The molecule has 0 aromatic heterocycles. The molecule has 2 heteroatoms. The number of hydrogen-bond acceptors (Lipinski definition) is 2. The van der Waals surface area contributed by atoms with Crippen molar-refractivity contribution >= 4 is 0 Å². The average Bonchev–Trinajstić information content (AvgIpc) is 2.28. The molecule has 0 saturated carbocycles. The standard InChI is InChI=1S/C15H30N2/c1-5-11-17(12-6-2)13-9-7-8-10-16-14-15(3)4/h5-6,15-16H,1-2,7-14H2,3-4H3. The van der Waals surface area contributed by atoms with Crippen LogP contribution in [0.15, 0.2) is 25.3 Å². The van der Waals surface area contributed by atoms with E-state index in [4.69, 9.17) is 0 Å². The SMILES string of the molecule is C=CCN(CC=C)CCCCCNCC(C)C. The molecule has 0 heterocycles. The van der Waals surface area contributed by atoms with Gasteiger partial charge < -0.3 is 5.32 Å². The molecule has 0 aromatic rings. The summed E-state index contributed by atoms with van der Waals surface area (Å²) in [5.41, 5.74) is 0. The fraction of sp³-hybridized carbons (Fsp3) is 0.733. The molecule has 0 aliphatic rings. The maximum atomic E-state index is 3.78. The molecular weight excluding hydrogens is 208 g/mol. The number of nitrogens with zero attached hydrogens (tertiary/aromatic N) is 1. The van der Waals surface area contributed by atoms with Crippen molar-refractivity contribution in [3.05, 3.63) is 25.3 Å². The molecule has 0 bridgehead atoms. The molecule has 0 aliphatic carbocycles. The first-order chi connectivity index (χ1) is 8.20. The highest BCUT2D eigenvalue weighted by Gasteiger charge is 1.99. The second-order valence-corrected chi connectivity index (χ2v) is 5.00. The Hall–Kier alpha value is -0.600. The molecule has 0 aliphatic heterocycles. The van der Waals surface area contributed by atoms with Crippen LogP contribution >= 0.6 is 0 Å². The highest BCUT2D eigenvalue weighted by molar-refractivity contribution is 4.79. The predicted molar refractivity (Wildman–Crippen MR) is 78.4 cm³/mol. The van der Waals surface area contributed by atoms with Crippen molar-refractivity contribution in [2.24, 2.45) is 5.92 Å². The molecule has 0 radical (unpaired) electrons. The van der Waals surface area contributed by atoms with Gasteiger partial charge >= 0.3 is 0 Å². The van der Waals surface area contributed by atoms with Crippen molar-refractivity contribution in [2.75, 3.05) is 32.7 Å². The van der Waals surface area contributed by atoms with Gasteiger partial charge in [-0.1, -0.05) is 32.4 Å². The second kappa shape index (κ2) is 11.9. The first kappa shape index (κ1) is 16.4. The Bertz CT molecular complexity index is 177. The lowest BCUT2D eigenvalue weighted by atomic mass is 10.2. The summed E-state index contributed by atoms with van der Waals surface area (Å²) in [6, 6.07) is 0. The van der Waals surface area contributed by atoms with Gasteiger partial charge in [0.15, 0.2) is 0 Å². The van der Waals surface area contributed by atoms with Crippen LogP contribution in [0.2, 0.25) is 0 Å². The highest BCUT2D eigenvalue weighted by Crippen LogP contribution is 1.99. The van der Waals surface area contributed by atoms with E-state index in [-0.39, 0.29) is 0 Å². The lowest BCUT2D eigenvalue weighted by molar-refractivity contribution is 0.324. The summed E-state index contributed by atoms with van der Waals surface area (Å²) in [6.45, 7) is 17.4. The Kier molecular flexibility index (Phi) is 11.5. The van der Waals surface area contributed by atoms with Gasteiger partial charge in [-0.25, -0.2) is 0 Å². The minimum absolute atomic E-state index is 0.755. The van der Waals surface area contributed by atoms with Crippen LogP contribution in [0.25, 0.3) is 0 Å². The lowest BCUT2D eigenvalue weighted by Gasteiger charge is -2.18.